The largest absolute Gasteiger partial charge is 0.449 e. The van der Waals surface area contributed by atoms with Gasteiger partial charge in [-0.05, 0) is 29.5 Å². The number of hydrogen-bond donors (Lipinski definition) is 0. The Bertz CT molecular complexity index is 567. The van der Waals surface area contributed by atoms with Crippen LogP contribution in [0.4, 0.5) is 0 Å². The summed E-state index contributed by atoms with van der Waals surface area (Å²) >= 11 is 0. The summed E-state index contributed by atoms with van der Waals surface area (Å²) in [7, 11) is 0. The van der Waals surface area contributed by atoms with Gasteiger partial charge in [0.1, 0.15) is 0 Å². The van der Waals surface area contributed by atoms with Crippen LogP contribution in [0.15, 0.2) is 24.3 Å². The molecule has 0 bridgehead atoms. The molecule has 0 unspecified atom stereocenters. The molecular weight excluding hydrogens is 320 g/mol. The maximum Gasteiger partial charge on any atom is 0.339 e. The molecule has 0 N–H and O–H groups in total. The third-order valence-electron chi connectivity index (χ3n) is 4.54. The first kappa shape index (κ1) is 22.3. The molecule has 0 aliphatic heterocycles. The van der Waals surface area contributed by atoms with Crippen molar-refractivity contribution in [1.82, 2.24) is 0 Å². The van der Waals surface area contributed by atoms with Gasteiger partial charge >= 0.3 is 5.97 Å². The van der Waals surface area contributed by atoms with E-state index in [1.54, 1.807) is 0 Å². The Morgan fingerprint density at radius 3 is 2.04 bits per heavy atom. The van der Waals surface area contributed by atoms with E-state index in [-0.39, 0.29) is 18.0 Å². The lowest BCUT2D eigenvalue weighted by atomic mass is 9.87. The van der Waals surface area contributed by atoms with E-state index >= 15 is 0 Å². The maximum atomic E-state index is 12.0. The predicted octanol–water partition coefficient (Wildman–Crippen LogP) is 6.68. The van der Waals surface area contributed by atoms with Crippen LogP contribution in [0.3, 0.4) is 0 Å². The molecule has 0 aliphatic carbocycles. The molecule has 0 saturated heterocycles. The van der Waals surface area contributed by atoms with Crippen molar-refractivity contribution in [3.05, 3.63) is 35.4 Å². The zero-order chi connectivity index (χ0) is 19.3. The second kappa shape index (κ2) is 12.6. The fraction of sp³-hybridized carbons (Fsp3) is 0.625. The molecular formula is C24H36O2. The highest BCUT2D eigenvalue weighted by molar-refractivity contribution is 5.89. The predicted molar refractivity (Wildman–Crippen MR) is 110 cm³/mol. The zero-order valence-electron chi connectivity index (χ0n) is 17.2. The Balaban J connectivity index is 2.14. The van der Waals surface area contributed by atoms with Gasteiger partial charge in [0.2, 0.25) is 0 Å². The molecule has 0 aliphatic rings. The lowest BCUT2D eigenvalue weighted by Gasteiger charge is -2.18. The monoisotopic (exact) mass is 356 g/mol. The van der Waals surface area contributed by atoms with Crippen LogP contribution in [0.1, 0.15) is 101 Å². The molecule has 0 aromatic heterocycles. The van der Waals surface area contributed by atoms with Gasteiger partial charge in [0, 0.05) is 6.42 Å². The summed E-state index contributed by atoms with van der Waals surface area (Å²) < 4.78 is 5.22. The molecule has 0 fully saturated rings. The maximum absolute atomic E-state index is 12.0. The lowest BCUT2D eigenvalue weighted by molar-refractivity contribution is 0.0556. The number of ether oxygens (including phenoxy) is 1. The molecule has 2 nitrogen and oxygen atoms in total. The SMILES string of the molecule is CCCCCCCCCCC#CCOC(=O)c1ccc(C(C)(C)C)cc1. The van der Waals surface area contributed by atoms with Gasteiger partial charge in [-0.1, -0.05) is 96.6 Å². The van der Waals surface area contributed by atoms with Gasteiger partial charge in [0.25, 0.3) is 0 Å². The summed E-state index contributed by atoms with van der Waals surface area (Å²) in [4.78, 5) is 12.0. The van der Waals surface area contributed by atoms with E-state index in [0.29, 0.717) is 5.56 Å². The van der Waals surface area contributed by atoms with Crippen LogP contribution in [0.2, 0.25) is 0 Å². The minimum atomic E-state index is -0.299. The quantitative estimate of drug-likeness (QED) is 0.266. The number of esters is 1. The minimum Gasteiger partial charge on any atom is -0.449 e. The zero-order valence-corrected chi connectivity index (χ0v) is 17.2. The van der Waals surface area contributed by atoms with Gasteiger partial charge in [0.05, 0.1) is 5.56 Å². The molecule has 144 valence electrons. The first-order chi connectivity index (χ1) is 12.4. The highest BCUT2D eigenvalue weighted by atomic mass is 16.5. The summed E-state index contributed by atoms with van der Waals surface area (Å²) in [6.45, 7) is 8.89. The van der Waals surface area contributed by atoms with Gasteiger partial charge in [-0.15, -0.1) is 0 Å². The first-order valence-electron chi connectivity index (χ1n) is 10.2. The van der Waals surface area contributed by atoms with E-state index < -0.39 is 0 Å². The molecule has 1 rings (SSSR count). The number of hydrogen-bond acceptors (Lipinski definition) is 2. The Morgan fingerprint density at radius 1 is 0.885 bits per heavy atom. The number of carbonyl (C=O) groups is 1. The average molecular weight is 357 g/mol. The fourth-order valence-corrected chi connectivity index (χ4v) is 2.78. The third kappa shape index (κ3) is 9.66. The number of rotatable bonds is 10. The highest BCUT2D eigenvalue weighted by Crippen LogP contribution is 2.22. The van der Waals surface area contributed by atoms with Crippen molar-refractivity contribution in [2.24, 2.45) is 0 Å². The van der Waals surface area contributed by atoms with Crippen LogP contribution in [-0.4, -0.2) is 12.6 Å². The van der Waals surface area contributed by atoms with Gasteiger partial charge in [0.15, 0.2) is 6.61 Å². The second-order valence-corrected chi connectivity index (χ2v) is 7.98. The lowest BCUT2D eigenvalue weighted by Crippen LogP contribution is -2.12. The van der Waals surface area contributed by atoms with Gasteiger partial charge in [-0.25, -0.2) is 4.79 Å². The van der Waals surface area contributed by atoms with Crippen molar-refractivity contribution in [3.63, 3.8) is 0 Å². The summed E-state index contributed by atoms with van der Waals surface area (Å²) in [5.74, 6) is 5.75. The summed E-state index contributed by atoms with van der Waals surface area (Å²) in [6, 6.07) is 7.64. The molecule has 1 aromatic rings. The van der Waals surface area contributed by atoms with E-state index in [2.05, 4.69) is 39.5 Å². The summed E-state index contributed by atoms with van der Waals surface area (Å²) in [6.07, 6.45) is 11.4. The average Bonchev–Trinajstić information content (AvgIpc) is 2.62. The molecule has 0 amide bonds. The van der Waals surface area contributed by atoms with Crippen LogP contribution in [0.5, 0.6) is 0 Å². The Hall–Kier alpha value is -1.75. The van der Waals surface area contributed by atoms with Gasteiger partial charge in [-0.2, -0.15) is 0 Å². The fourth-order valence-electron chi connectivity index (χ4n) is 2.78. The number of carbonyl (C=O) groups excluding carboxylic acids is 1. The standard InChI is InChI=1S/C24H36O2/c1-5-6-7-8-9-10-11-12-13-14-15-20-26-23(25)21-16-18-22(19-17-21)24(2,3)4/h16-19H,5-13,20H2,1-4H3. The minimum absolute atomic E-state index is 0.0867. The summed E-state index contributed by atoms with van der Waals surface area (Å²) in [5.41, 5.74) is 1.88. The van der Waals surface area contributed by atoms with Crippen LogP contribution in [-0.2, 0) is 10.2 Å². The third-order valence-corrected chi connectivity index (χ3v) is 4.54. The van der Waals surface area contributed by atoms with Crippen molar-refractivity contribution in [2.45, 2.75) is 90.9 Å². The first-order valence-corrected chi connectivity index (χ1v) is 10.2. The molecule has 0 radical (unpaired) electrons. The van der Waals surface area contributed by atoms with Crippen LogP contribution < -0.4 is 0 Å². The Morgan fingerprint density at radius 2 is 1.46 bits per heavy atom. The molecule has 0 atom stereocenters. The van der Waals surface area contributed by atoms with E-state index in [0.717, 1.165) is 12.8 Å². The van der Waals surface area contributed by atoms with E-state index in [1.165, 1.54) is 50.5 Å². The molecule has 0 spiro atoms. The van der Waals surface area contributed by atoms with Crippen molar-refractivity contribution in [3.8, 4) is 11.8 Å². The van der Waals surface area contributed by atoms with Crippen molar-refractivity contribution >= 4 is 5.97 Å². The molecule has 0 heterocycles. The van der Waals surface area contributed by atoms with E-state index in [4.69, 9.17) is 4.74 Å². The number of benzene rings is 1. The van der Waals surface area contributed by atoms with Crippen molar-refractivity contribution in [2.75, 3.05) is 6.61 Å². The Labute approximate surface area is 160 Å². The van der Waals surface area contributed by atoms with Crippen LogP contribution in [0.25, 0.3) is 0 Å². The van der Waals surface area contributed by atoms with Gasteiger partial charge < -0.3 is 4.74 Å². The Kier molecular flexibility index (Phi) is 10.8. The second-order valence-electron chi connectivity index (χ2n) is 7.98. The van der Waals surface area contributed by atoms with Crippen LogP contribution in [0, 0.1) is 11.8 Å². The molecule has 0 saturated carbocycles. The highest BCUT2D eigenvalue weighted by Gasteiger charge is 2.14. The molecule has 1 aromatic carbocycles. The van der Waals surface area contributed by atoms with Gasteiger partial charge in [-0.3, -0.25) is 0 Å². The molecule has 26 heavy (non-hydrogen) atoms. The van der Waals surface area contributed by atoms with E-state index in [1.807, 2.05) is 24.3 Å². The van der Waals surface area contributed by atoms with Crippen molar-refractivity contribution < 1.29 is 9.53 Å². The normalized spacial score (nSPS) is 10.9. The topological polar surface area (TPSA) is 26.3 Å². The number of unbranched alkanes of at least 4 members (excludes halogenated alkanes) is 8. The van der Waals surface area contributed by atoms with Crippen molar-refractivity contribution in [1.29, 1.82) is 0 Å². The smallest absolute Gasteiger partial charge is 0.339 e. The van der Waals surface area contributed by atoms with Crippen LogP contribution >= 0.6 is 0 Å². The molecule has 2 heteroatoms. The van der Waals surface area contributed by atoms with E-state index in [9.17, 15) is 4.79 Å². The summed E-state index contributed by atoms with van der Waals surface area (Å²) in [5, 5.41) is 0.